The maximum atomic E-state index is 12.3. The molecule has 1 aromatic carbocycles. The lowest BCUT2D eigenvalue weighted by atomic mass is 10.1. The zero-order chi connectivity index (χ0) is 20.5. The first kappa shape index (κ1) is 20.4. The van der Waals surface area contributed by atoms with E-state index in [1.54, 1.807) is 36.7 Å². The molecule has 0 bridgehead atoms. The van der Waals surface area contributed by atoms with E-state index in [-0.39, 0.29) is 4.90 Å². The van der Waals surface area contributed by atoms with Gasteiger partial charge in [-0.1, -0.05) is 16.5 Å². The highest BCUT2D eigenvalue weighted by Crippen LogP contribution is 2.28. The summed E-state index contributed by atoms with van der Waals surface area (Å²) in [5.41, 5.74) is 2.28. The van der Waals surface area contributed by atoms with E-state index in [9.17, 15) is 13.0 Å². The largest absolute Gasteiger partial charge is 0.591 e. The summed E-state index contributed by atoms with van der Waals surface area (Å²) in [7, 11) is -3.45. The minimum Gasteiger partial charge on any atom is -0.591 e. The maximum absolute atomic E-state index is 12.3. The average Bonchev–Trinajstić information content (AvgIpc) is 2.64. The van der Waals surface area contributed by atoms with Crippen molar-refractivity contribution in [2.45, 2.75) is 30.4 Å². The minimum atomic E-state index is -3.45. The standard InChI is InChI=1S/C20H21N3O3S2/c1-20(2,3)27(24)22-13-16-11-14-7-5-9-17(28(4,25)26)19(14)23-18(16)15-8-6-10-21-12-15/h5-13H,1-4H3. The molecule has 0 saturated heterocycles. The molecule has 1 atom stereocenters. The van der Waals surface area contributed by atoms with E-state index >= 15 is 0 Å². The molecule has 0 spiro atoms. The van der Waals surface area contributed by atoms with Gasteiger partial charge in [0.15, 0.2) is 9.84 Å². The van der Waals surface area contributed by atoms with Gasteiger partial charge in [-0.15, -0.1) is 0 Å². The number of nitrogens with zero attached hydrogens (tertiary/aromatic N) is 3. The van der Waals surface area contributed by atoms with Gasteiger partial charge in [0.1, 0.15) is 16.1 Å². The van der Waals surface area contributed by atoms with E-state index in [1.807, 2.05) is 32.9 Å². The Balaban J connectivity index is 2.27. The third-order valence-electron chi connectivity index (χ3n) is 3.98. The van der Waals surface area contributed by atoms with Crippen LogP contribution >= 0.6 is 0 Å². The Morgan fingerprint density at radius 2 is 1.93 bits per heavy atom. The fraction of sp³-hybridized carbons (Fsp3) is 0.250. The number of hydrogen-bond donors (Lipinski definition) is 0. The van der Waals surface area contributed by atoms with Gasteiger partial charge in [0, 0.05) is 35.2 Å². The molecule has 3 rings (SSSR count). The lowest BCUT2D eigenvalue weighted by molar-refractivity contribution is 0.562. The Morgan fingerprint density at radius 1 is 1.18 bits per heavy atom. The second-order valence-electron chi connectivity index (χ2n) is 7.36. The smallest absolute Gasteiger partial charge is 0.177 e. The summed E-state index contributed by atoms with van der Waals surface area (Å²) in [4.78, 5) is 8.93. The van der Waals surface area contributed by atoms with Crippen molar-refractivity contribution in [2.24, 2.45) is 4.40 Å². The summed E-state index contributed by atoms with van der Waals surface area (Å²) in [6, 6.07) is 10.4. The molecular weight excluding hydrogens is 394 g/mol. The Bertz CT molecular complexity index is 1140. The van der Waals surface area contributed by atoms with Crippen LogP contribution in [0, 0.1) is 0 Å². The summed E-state index contributed by atoms with van der Waals surface area (Å²) < 4.78 is 40.4. The van der Waals surface area contributed by atoms with Gasteiger partial charge >= 0.3 is 0 Å². The van der Waals surface area contributed by atoms with E-state index in [0.717, 1.165) is 11.8 Å². The van der Waals surface area contributed by atoms with Crippen LogP contribution in [-0.2, 0) is 21.2 Å². The van der Waals surface area contributed by atoms with Gasteiger partial charge < -0.3 is 4.55 Å². The third-order valence-corrected chi connectivity index (χ3v) is 6.46. The maximum Gasteiger partial charge on any atom is 0.177 e. The number of hydrogen-bond acceptors (Lipinski definition) is 6. The molecule has 0 fully saturated rings. The second kappa shape index (κ2) is 7.62. The summed E-state index contributed by atoms with van der Waals surface area (Å²) in [5, 5.41) is 0.665. The van der Waals surface area contributed by atoms with Gasteiger partial charge in [0.2, 0.25) is 0 Å². The Kier molecular flexibility index (Phi) is 5.56. The van der Waals surface area contributed by atoms with Crippen LogP contribution in [0.1, 0.15) is 26.3 Å². The normalized spacial score (nSPS) is 13.9. The van der Waals surface area contributed by atoms with Crippen molar-refractivity contribution < 1.29 is 13.0 Å². The molecule has 8 heteroatoms. The van der Waals surface area contributed by atoms with Gasteiger partial charge in [-0.3, -0.25) is 4.98 Å². The fourth-order valence-corrected chi connectivity index (χ4v) is 3.95. The molecule has 0 aliphatic rings. The molecule has 146 valence electrons. The quantitative estimate of drug-likeness (QED) is 0.479. The molecule has 0 radical (unpaired) electrons. The van der Waals surface area contributed by atoms with Crippen LogP contribution in [0.3, 0.4) is 0 Å². The van der Waals surface area contributed by atoms with Crippen molar-refractivity contribution >= 4 is 38.3 Å². The highest BCUT2D eigenvalue weighted by atomic mass is 32.2. The highest BCUT2D eigenvalue weighted by Gasteiger charge is 2.26. The van der Waals surface area contributed by atoms with Gasteiger partial charge in [-0.25, -0.2) is 13.4 Å². The molecule has 0 N–H and O–H groups in total. The van der Waals surface area contributed by atoms with Gasteiger partial charge in [0.05, 0.1) is 22.3 Å². The predicted molar refractivity (Wildman–Crippen MR) is 114 cm³/mol. The van der Waals surface area contributed by atoms with Crippen molar-refractivity contribution in [1.82, 2.24) is 9.97 Å². The van der Waals surface area contributed by atoms with E-state index in [1.165, 1.54) is 6.21 Å². The van der Waals surface area contributed by atoms with Crippen LogP contribution in [0.25, 0.3) is 22.2 Å². The third kappa shape index (κ3) is 4.40. The van der Waals surface area contributed by atoms with E-state index in [0.29, 0.717) is 22.2 Å². The fourth-order valence-electron chi connectivity index (χ4n) is 2.58. The summed E-state index contributed by atoms with van der Waals surface area (Å²) >= 11 is -1.42. The number of benzene rings is 1. The summed E-state index contributed by atoms with van der Waals surface area (Å²) in [6.07, 6.45) is 5.99. The zero-order valence-electron chi connectivity index (χ0n) is 16.1. The van der Waals surface area contributed by atoms with Crippen LogP contribution in [0.15, 0.2) is 58.1 Å². The molecule has 2 aromatic heterocycles. The first-order valence-corrected chi connectivity index (χ1v) is 11.6. The molecule has 0 saturated carbocycles. The van der Waals surface area contributed by atoms with Crippen molar-refractivity contribution in [1.29, 1.82) is 0 Å². The molecule has 1 unspecified atom stereocenters. The summed E-state index contributed by atoms with van der Waals surface area (Å²) in [5.74, 6) is 0. The minimum absolute atomic E-state index is 0.164. The van der Waals surface area contributed by atoms with E-state index < -0.39 is 25.9 Å². The molecule has 28 heavy (non-hydrogen) atoms. The number of fused-ring (bicyclic) bond motifs is 1. The van der Waals surface area contributed by atoms with Crippen molar-refractivity contribution in [3.05, 3.63) is 54.4 Å². The SMILES string of the molecule is CC(C)(C)[S+]([O-])N=Cc1cc2cccc(S(C)(=O)=O)c2nc1-c1cccnc1. The average molecular weight is 416 g/mol. The summed E-state index contributed by atoms with van der Waals surface area (Å²) in [6.45, 7) is 5.54. The first-order chi connectivity index (χ1) is 13.1. The number of para-hydroxylation sites is 1. The number of rotatable bonds is 4. The number of sulfone groups is 1. The lowest BCUT2D eigenvalue weighted by Crippen LogP contribution is -2.25. The molecule has 0 aliphatic carbocycles. The highest BCUT2D eigenvalue weighted by molar-refractivity contribution is 7.91. The van der Waals surface area contributed by atoms with Gasteiger partial charge in [0.25, 0.3) is 0 Å². The van der Waals surface area contributed by atoms with Gasteiger partial charge in [-0.05, 0) is 45.0 Å². The predicted octanol–water partition coefficient (Wildman–Crippen LogP) is 3.58. The molecule has 2 heterocycles. The van der Waals surface area contributed by atoms with Crippen molar-refractivity contribution in [2.75, 3.05) is 6.26 Å². The zero-order valence-corrected chi connectivity index (χ0v) is 17.7. The van der Waals surface area contributed by atoms with Crippen LogP contribution in [0.5, 0.6) is 0 Å². The molecule has 3 aromatic rings. The Hall–Kier alpha value is -2.29. The van der Waals surface area contributed by atoms with E-state index in [2.05, 4.69) is 14.4 Å². The van der Waals surface area contributed by atoms with Crippen LogP contribution in [-0.4, -0.2) is 40.2 Å². The molecule has 0 amide bonds. The van der Waals surface area contributed by atoms with Crippen LogP contribution in [0.4, 0.5) is 0 Å². The Morgan fingerprint density at radius 3 is 2.54 bits per heavy atom. The Labute approximate surface area is 168 Å². The first-order valence-electron chi connectivity index (χ1n) is 8.57. The number of aromatic nitrogens is 2. The van der Waals surface area contributed by atoms with Gasteiger partial charge in [-0.2, -0.15) is 0 Å². The number of pyridine rings is 2. The van der Waals surface area contributed by atoms with E-state index in [4.69, 9.17) is 0 Å². The van der Waals surface area contributed by atoms with Crippen LogP contribution < -0.4 is 0 Å². The second-order valence-corrected chi connectivity index (χ2v) is 11.3. The monoisotopic (exact) mass is 415 g/mol. The lowest BCUT2D eigenvalue weighted by Gasteiger charge is -2.18. The van der Waals surface area contributed by atoms with Crippen LogP contribution in [0.2, 0.25) is 0 Å². The van der Waals surface area contributed by atoms with Crippen molar-refractivity contribution in [3.63, 3.8) is 0 Å². The molecule has 0 aliphatic heterocycles. The van der Waals surface area contributed by atoms with Crippen molar-refractivity contribution in [3.8, 4) is 11.3 Å². The molecule has 6 nitrogen and oxygen atoms in total. The topological polar surface area (TPSA) is 95.3 Å². The molecular formula is C20H21N3O3S2.